The van der Waals surface area contributed by atoms with E-state index >= 15 is 0 Å². The van der Waals surface area contributed by atoms with Gasteiger partial charge in [0.1, 0.15) is 5.60 Å². The minimum Gasteiger partial charge on any atom is -0.364 e. The minimum absolute atomic E-state index is 0.0884. The van der Waals surface area contributed by atoms with Gasteiger partial charge in [-0.3, -0.25) is 0 Å². The molecule has 112 valence electrons. The number of nitrogens with two attached hydrogens (primary N) is 1. The lowest BCUT2D eigenvalue weighted by Gasteiger charge is -2.32. The van der Waals surface area contributed by atoms with Gasteiger partial charge in [-0.1, -0.05) is 23.8 Å². The van der Waals surface area contributed by atoms with Crippen LogP contribution in [0.15, 0.2) is 36.0 Å². The lowest BCUT2D eigenvalue weighted by Crippen LogP contribution is -2.42. The second-order valence-corrected chi connectivity index (χ2v) is 6.94. The van der Waals surface area contributed by atoms with Crippen LogP contribution in [0.5, 0.6) is 0 Å². The van der Waals surface area contributed by atoms with Gasteiger partial charge in [0.15, 0.2) is 0 Å². The molecule has 0 radical (unpaired) electrons. The number of ether oxygens (including phenoxy) is 1. The van der Waals surface area contributed by atoms with Gasteiger partial charge in [-0.05, 0) is 52.7 Å². The third-order valence-electron chi connectivity index (χ3n) is 3.46. The second-order valence-electron chi connectivity index (χ2n) is 6.19. The molecule has 0 saturated heterocycles. The zero-order chi connectivity index (χ0) is 15.2. The molecular formula is C17H27NOS. The van der Waals surface area contributed by atoms with E-state index in [1.54, 1.807) is 0 Å². The molecule has 3 heteroatoms. The molecule has 2 N–H and O–H groups in total. The Morgan fingerprint density at radius 3 is 2.85 bits per heavy atom. The Hall–Kier alpha value is -0.860. The van der Waals surface area contributed by atoms with Crippen LogP contribution < -0.4 is 5.73 Å². The van der Waals surface area contributed by atoms with Gasteiger partial charge in [-0.15, -0.1) is 16.9 Å². The van der Waals surface area contributed by atoms with Gasteiger partial charge in [-0.2, -0.15) is 0 Å². The van der Waals surface area contributed by atoms with Gasteiger partial charge in [0.05, 0.1) is 6.10 Å². The molecule has 1 aliphatic carbocycles. The summed E-state index contributed by atoms with van der Waals surface area (Å²) in [4.78, 5) is 0. The molecule has 2 nitrogen and oxygen atoms in total. The third kappa shape index (κ3) is 6.06. The maximum atomic E-state index is 6.31. The van der Waals surface area contributed by atoms with Crippen LogP contribution >= 0.6 is 11.2 Å². The van der Waals surface area contributed by atoms with Crippen molar-refractivity contribution in [2.24, 2.45) is 5.73 Å². The first-order chi connectivity index (χ1) is 9.26. The molecule has 0 amide bonds. The molecule has 0 aromatic carbocycles. The quantitative estimate of drug-likeness (QED) is 0.802. The monoisotopic (exact) mass is 293 g/mol. The maximum Gasteiger partial charge on any atom is 0.102 e. The zero-order valence-corrected chi connectivity index (χ0v) is 13.9. The molecule has 3 atom stereocenters. The molecule has 0 aromatic heterocycles. The highest BCUT2D eigenvalue weighted by molar-refractivity contribution is 7.88. The Balaban J connectivity index is 2.60. The van der Waals surface area contributed by atoms with E-state index in [4.69, 9.17) is 16.2 Å². The molecule has 1 rings (SSSR count). The van der Waals surface area contributed by atoms with E-state index in [9.17, 15) is 0 Å². The van der Waals surface area contributed by atoms with Crippen LogP contribution in [0.1, 0.15) is 40.5 Å². The topological polar surface area (TPSA) is 35.2 Å². The first kappa shape index (κ1) is 17.2. The van der Waals surface area contributed by atoms with Crippen molar-refractivity contribution in [1.29, 1.82) is 0 Å². The number of hydrogen-bond donors (Lipinski definition) is 1. The Labute approximate surface area is 127 Å². The lowest BCUT2D eigenvalue weighted by atomic mass is 9.92. The largest absolute Gasteiger partial charge is 0.364 e. The van der Waals surface area contributed by atoms with Crippen LogP contribution in [0.3, 0.4) is 0 Å². The first-order valence-electron chi connectivity index (χ1n) is 7.10. The summed E-state index contributed by atoms with van der Waals surface area (Å²) in [5.41, 5.74) is 12.4. The fraction of sp³-hybridized carbons (Fsp3) is 0.588. The summed E-state index contributed by atoms with van der Waals surface area (Å²) in [6, 6.07) is 0. The highest BCUT2D eigenvalue weighted by atomic mass is 32.1. The summed E-state index contributed by atoms with van der Waals surface area (Å²) < 4.78 is 6.20. The van der Waals surface area contributed by atoms with Crippen molar-refractivity contribution in [2.75, 3.05) is 5.75 Å². The first-order valence-corrected chi connectivity index (χ1v) is 8.15. The van der Waals surface area contributed by atoms with E-state index in [0.29, 0.717) is 0 Å². The fourth-order valence-corrected chi connectivity index (χ4v) is 2.99. The van der Waals surface area contributed by atoms with E-state index in [2.05, 4.69) is 58.1 Å². The predicted molar refractivity (Wildman–Crippen MR) is 90.2 cm³/mol. The Morgan fingerprint density at radius 1 is 1.50 bits per heavy atom. The number of allylic oxidation sites excluding steroid dienone is 4. The summed E-state index contributed by atoms with van der Waals surface area (Å²) in [6.07, 6.45) is 12.2. The highest BCUT2D eigenvalue weighted by Gasteiger charge is 2.27. The van der Waals surface area contributed by atoms with Crippen LogP contribution in [0.2, 0.25) is 0 Å². The molecule has 0 fully saturated rings. The van der Waals surface area contributed by atoms with E-state index < -0.39 is 0 Å². The highest BCUT2D eigenvalue weighted by Crippen LogP contribution is 2.25. The molecule has 0 heterocycles. The van der Waals surface area contributed by atoms with Crippen LogP contribution in [0.4, 0.5) is 0 Å². The molecule has 0 bridgehead atoms. The van der Waals surface area contributed by atoms with Crippen molar-refractivity contribution in [2.45, 2.75) is 57.8 Å². The van der Waals surface area contributed by atoms with Crippen molar-refractivity contribution in [3.8, 4) is 5.69 Å². The summed E-state index contributed by atoms with van der Waals surface area (Å²) in [7, 11) is 0. The molecule has 0 saturated carbocycles. The predicted octanol–water partition coefficient (Wildman–Crippen LogP) is 4.04. The van der Waals surface area contributed by atoms with Crippen LogP contribution in [-0.2, 0) is 4.74 Å². The lowest BCUT2D eigenvalue weighted by molar-refractivity contribution is -0.0264. The Kier molecular flexibility index (Phi) is 6.22. The smallest absolute Gasteiger partial charge is 0.102 e. The van der Waals surface area contributed by atoms with Crippen LogP contribution in [-0.4, -0.2) is 23.0 Å². The summed E-state index contributed by atoms with van der Waals surface area (Å²) in [6.45, 7) is 8.30. The average molecular weight is 293 g/mol. The van der Waals surface area contributed by atoms with Gasteiger partial charge >= 0.3 is 0 Å². The maximum absolute atomic E-state index is 6.31. The molecule has 0 spiro atoms. The summed E-state index contributed by atoms with van der Waals surface area (Å²) in [5.74, 6) is 0.875. The normalized spacial score (nSPS) is 26.5. The third-order valence-corrected chi connectivity index (χ3v) is 3.90. The molecular weight excluding hydrogens is 266 g/mol. The summed E-state index contributed by atoms with van der Waals surface area (Å²) in [5, 5.41) is 0. The molecule has 0 aromatic rings. The van der Waals surface area contributed by atoms with Gasteiger partial charge in [-0.25, -0.2) is 0 Å². The van der Waals surface area contributed by atoms with E-state index in [1.807, 2.05) is 0 Å². The van der Waals surface area contributed by atoms with Crippen molar-refractivity contribution < 1.29 is 4.74 Å². The van der Waals surface area contributed by atoms with Crippen molar-refractivity contribution in [3.63, 3.8) is 0 Å². The second kappa shape index (κ2) is 7.24. The fourth-order valence-electron chi connectivity index (χ4n) is 2.40. The van der Waals surface area contributed by atoms with Crippen LogP contribution in [0, 0.1) is 5.69 Å². The standard InChI is InChI=1S/C17H27NOS/c1-14-7-6-9-17(4,10-8-14)19-15(2)13-16(3,18)11-12-20-5/h5-10,15H,11-13,18H2,1-4H3. The number of hydrogen-bond acceptors (Lipinski definition) is 2. The molecule has 0 aliphatic heterocycles. The van der Waals surface area contributed by atoms with Gasteiger partial charge in [0.2, 0.25) is 0 Å². The Morgan fingerprint density at radius 2 is 2.20 bits per heavy atom. The SMILES string of the molecule is C#SCCC(C)(N)CC(C)OC1(C)C=CC=C(C)C=C1. The molecule has 1 aliphatic rings. The summed E-state index contributed by atoms with van der Waals surface area (Å²) >= 11 is 1.34. The van der Waals surface area contributed by atoms with E-state index in [-0.39, 0.29) is 17.2 Å². The van der Waals surface area contributed by atoms with Gasteiger partial charge in [0.25, 0.3) is 0 Å². The van der Waals surface area contributed by atoms with Crippen molar-refractivity contribution >= 4 is 11.2 Å². The molecule has 3 unspecified atom stereocenters. The van der Waals surface area contributed by atoms with Crippen LogP contribution in [0.25, 0.3) is 0 Å². The van der Waals surface area contributed by atoms with Gasteiger partial charge in [0, 0.05) is 11.3 Å². The zero-order valence-electron chi connectivity index (χ0n) is 13.1. The molecule has 20 heavy (non-hydrogen) atoms. The van der Waals surface area contributed by atoms with E-state index in [0.717, 1.165) is 18.6 Å². The van der Waals surface area contributed by atoms with E-state index in [1.165, 1.54) is 16.7 Å². The van der Waals surface area contributed by atoms with Gasteiger partial charge < -0.3 is 10.5 Å². The minimum atomic E-state index is -0.369. The average Bonchev–Trinajstić information content (AvgIpc) is 2.48. The number of rotatable bonds is 6. The van der Waals surface area contributed by atoms with Crippen molar-refractivity contribution in [1.82, 2.24) is 0 Å². The Bertz CT molecular complexity index is 456. The van der Waals surface area contributed by atoms with Crippen molar-refractivity contribution in [3.05, 3.63) is 36.0 Å².